The second-order valence-electron chi connectivity index (χ2n) is 12.2. The molecule has 9 nitrogen and oxygen atoms in total. The molecule has 226 valence electrons. The zero-order chi connectivity index (χ0) is 31.0. The second kappa shape index (κ2) is 10.5. The van der Waals surface area contributed by atoms with Crippen LogP contribution in [0.15, 0.2) is 48.2 Å². The van der Waals surface area contributed by atoms with Crippen LogP contribution in [0.4, 0.5) is 4.39 Å². The van der Waals surface area contributed by atoms with Crippen molar-refractivity contribution in [3.63, 3.8) is 0 Å². The number of nitrogens with one attached hydrogen (secondary N) is 1. The van der Waals surface area contributed by atoms with Gasteiger partial charge in [0.05, 0.1) is 5.69 Å². The number of aromatic nitrogens is 4. The van der Waals surface area contributed by atoms with E-state index in [4.69, 9.17) is 0 Å². The van der Waals surface area contributed by atoms with Gasteiger partial charge in [0.15, 0.2) is 5.65 Å². The Morgan fingerprint density at radius 2 is 1.88 bits per heavy atom. The monoisotopic (exact) mass is 697 g/mol. The van der Waals surface area contributed by atoms with Gasteiger partial charge >= 0.3 is 231 Å². The molecule has 1 N–H and O–H groups in total. The molecule has 1 aromatic carbocycles. The molecule has 2 aliphatic rings. The molecule has 3 aromatic heterocycles. The Balaban J connectivity index is 1.32. The molecule has 0 saturated carbocycles. The number of allylic oxidation sites excluding steroid dienone is 1. The normalized spacial score (nSPS) is 21.8. The maximum atomic E-state index is 14.5. The predicted octanol–water partition coefficient (Wildman–Crippen LogP) is 1.73. The van der Waals surface area contributed by atoms with Crippen LogP contribution >= 0.6 is 0 Å². The van der Waals surface area contributed by atoms with Gasteiger partial charge in [-0.05, 0) is 6.92 Å². The van der Waals surface area contributed by atoms with E-state index in [1.54, 1.807) is 42.6 Å². The fraction of sp³-hybridized carbons (Fsp3) is 0.406. The number of carbonyl (C=O) groups is 3. The van der Waals surface area contributed by atoms with Gasteiger partial charge in [0, 0.05) is 6.07 Å². The molecule has 0 bridgehead atoms. The number of hydrogen-bond acceptors (Lipinski definition) is 5. The fourth-order valence-corrected chi connectivity index (χ4v) is 9.64. The van der Waals surface area contributed by atoms with Crippen molar-refractivity contribution in [2.45, 2.75) is 81.0 Å². The Kier molecular flexibility index (Phi) is 7.22. The van der Waals surface area contributed by atoms with Crippen LogP contribution in [0, 0.1) is 13.8 Å². The standard InChI is InChI=1S/C32H35FIN6O3/c1-16(2)28(33)19(5)36-30(43)25-11-32(7)31(34-32)40(25)27(42)15-38-14-24(20(6)41)23-10-21(8-17(3)29(23)38)22-12-35-26-9-18(4)37-39(26)13-22/h8-10,12-14,19,25,31H,11,15H2,1-7H3,(H,36,43)/q-1/t19-,25+,31+,32-/m1/s1. The molecule has 11 heteroatoms. The van der Waals surface area contributed by atoms with Crippen LogP contribution in [0.1, 0.15) is 62.7 Å². The second-order valence-corrected chi connectivity index (χ2v) is 16.4. The summed E-state index contributed by atoms with van der Waals surface area (Å²) in [6.07, 6.45) is 6.05. The summed E-state index contributed by atoms with van der Waals surface area (Å²) in [7, 11) is 0. The third kappa shape index (κ3) is 5.15. The van der Waals surface area contributed by atoms with Crippen molar-refractivity contribution in [1.29, 1.82) is 0 Å². The average Bonchev–Trinajstić information content (AvgIpc) is 3.21. The molecule has 43 heavy (non-hydrogen) atoms. The summed E-state index contributed by atoms with van der Waals surface area (Å²) < 4.78 is 18.1. The molecule has 2 aliphatic heterocycles. The number of halogens is 2. The number of nitrogens with zero attached hydrogens (tertiary/aromatic N) is 5. The minimum absolute atomic E-state index is 0.00202. The first-order chi connectivity index (χ1) is 20.3. The predicted molar refractivity (Wildman–Crippen MR) is 158 cm³/mol. The molecule has 4 atom stereocenters. The van der Waals surface area contributed by atoms with Gasteiger partial charge < -0.3 is 0 Å². The quantitative estimate of drug-likeness (QED) is 0.137. The van der Waals surface area contributed by atoms with E-state index in [1.165, 1.54) is 6.92 Å². The molecule has 5 heterocycles. The first-order valence-electron chi connectivity index (χ1n) is 14.3. The molecule has 2 amide bonds. The Morgan fingerprint density at radius 1 is 1.14 bits per heavy atom. The molecule has 2 saturated heterocycles. The van der Waals surface area contributed by atoms with Crippen molar-refractivity contribution in [2.24, 2.45) is 0 Å². The first-order valence-corrected chi connectivity index (χ1v) is 16.7. The number of ketones is 1. The van der Waals surface area contributed by atoms with Gasteiger partial charge in [-0.15, -0.1) is 0 Å². The Hall–Kier alpha value is -3.61. The number of fused-ring (bicyclic) bond motifs is 3. The van der Waals surface area contributed by atoms with Crippen LogP contribution in [-0.2, 0) is 16.1 Å². The fourth-order valence-electron chi connectivity index (χ4n) is 6.25. The number of likely N-dealkylation sites (tertiary alicyclic amines) is 1. The number of aryl methyl sites for hydroxylation is 2. The summed E-state index contributed by atoms with van der Waals surface area (Å²) in [6, 6.07) is 4.50. The van der Waals surface area contributed by atoms with Crippen LogP contribution in [0.25, 0.3) is 27.7 Å². The maximum absolute atomic E-state index is 14.5. The van der Waals surface area contributed by atoms with Crippen molar-refractivity contribution >= 4 is 34.1 Å². The van der Waals surface area contributed by atoms with Gasteiger partial charge in [-0.2, -0.15) is 5.10 Å². The molecule has 2 fully saturated rings. The van der Waals surface area contributed by atoms with E-state index in [2.05, 4.69) is 22.3 Å². The van der Waals surface area contributed by atoms with Crippen molar-refractivity contribution in [1.82, 2.24) is 29.4 Å². The van der Waals surface area contributed by atoms with Crippen LogP contribution in [0.2, 0.25) is 0 Å². The number of alkyl halides is 2. The Bertz CT molecular complexity index is 1870. The molecule has 4 aromatic rings. The van der Waals surface area contributed by atoms with Crippen LogP contribution in [0.3, 0.4) is 0 Å². The molecule has 0 radical (unpaired) electrons. The van der Waals surface area contributed by atoms with E-state index in [1.807, 2.05) is 42.8 Å². The molecule has 0 aliphatic carbocycles. The van der Waals surface area contributed by atoms with Gasteiger partial charge in [0.2, 0.25) is 0 Å². The number of carbonyl (C=O) groups excluding carboxylic acids is 3. The van der Waals surface area contributed by atoms with Crippen molar-refractivity contribution in [3.8, 4) is 11.1 Å². The number of benzene rings is 1. The third-order valence-electron chi connectivity index (χ3n) is 8.40. The van der Waals surface area contributed by atoms with Gasteiger partial charge in [0.25, 0.3) is 0 Å². The van der Waals surface area contributed by atoms with Crippen molar-refractivity contribution in [2.75, 3.05) is 0 Å². The van der Waals surface area contributed by atoms with E-state index in [9.17, 15) is 18.8 Å². The summed E-state index contributed by atoms with van der Waals surface area (Å²) in [4.78, 5) is 46.3. The number of rotatable bonds is 7. The SMILES string of the molecule is CC(=O)c1cn(CC(=O)N2[C@H](C(=O)N[C@H](C)C(F)=C(C)C)C[C@@]3(C)[I-][C@@H]23)c2c(C)cc(-c3cnc4cc(C)nn4c3)cc12. The molecule has 0 spiro atoms. The van der Waals surface area contributed by atoms with Gasteiger partial charge in [0.1, 0.15) is 0 Å². The van der Waals surface area contributed by atoms with E-state index in [-0.39, 0.29) is 58.6 Å². The molecule has 0 unspecified atom stereocenters. The van der Waals surface area contributed by atoms with Crippen LogP contribution < -0.4 is 26.5 Å². The van der Waals surface area contributed by atoms with E-state index < -0.39 is 12.1 Å². The zero-order valence-corrected chi connectivity index (χ0v) is 27.5. The topological polar surface area (TPSA) is 102 Å². The summed E-state index contributed by atoms with van der Waals surface area (Å²) >= 11 is -0.257. The molecule has 6 rings (SSSR count). The van der Waals surface area contributed by atoms with Gasteiger partial charge in [-0.3, -0.25) is 0 Å². The average molecular weight is 698 g/mol. The van der Waals surface area contributed by atoms with Crippen LogP contribution in [0.5, 0.6) is 0 Å². The Labute approximate surface area is 259 Å². The Morgan fingerprint density at radius 3 is 2.58 bits per heavy atom. The number of amides is 2. The van der Waals surface area contributed by atoms with Crippen molar-refractivity contribution in [3.05, 3.63) is 65.0 Å². The first kappa shape index (κ1) is 29.5. The minimum atomic E-state index is -0.759. The summed E-state index contributed by atoms with van der Waals surface area (Å²) in [5.74, 6) is -0.955. The number of hydrogen-bond donors (Lipinski definition) is 1. The van der Waals surface area contributed by atoms with E-state index in [0.717, 1.165) is 38.9 Å². The summed E-state index contributed by atoms with van der Waals surface area (Å²) in [6.45, 7) is 12.5. The summed E-state index contributed by atoms with van der Waals surface area (Å²) in [5, 5.41) is 8.02. The molecular formula is C32H35FIN6O3-. The number of Topliss-reactive ketones (excluding diaryl/α,β-unsaturated/α-hetero) is 1. The third-order valence-corrected chi connectivity index (χ3v) is 12.7. The summed E-state index contributed by atoms with van der Waals surface area (Å²) in [5.41, 5.74) is 6.15. The van der Waals surface area contributed by atoms with E-state index >= 15 is 0 Å². The van der Waals surface area contributed by atoms with Gasteiger partial charge in [-0.1, -0.05) is 0 Å². The van der Waals surface area contributed by atoms with Crippen LogP contribution in [-0.4, -0.2) is 61.2 Å². The van der Waals surface area contributed by atoms with E-state index in [0.29, 0.717) is 17.6 Å². The van der Waals surface area contributed by atoms with Gasteiger partial charge in [-0.25, -0.2) is 0 Å². The molecular weight excluding hydrogens is 662 g/mol. The zero-order valence-electron chi connectivity index (χ0n) is 25.3. The van der Waals surface area contributed by atoms with Crippen molar-refractivity contribution < 1.29 is 40.0 Å².